The number of benzene rings is 1. The highest BCUT2D eigenvalue weighted by Gasteiger charge is 2.14. The Labute approximate surface area is 112 Å². The van der Waals surface area contributed by atoms with Crippen molar-refractivity contribution in [2.45, 2.75) is 34.7 Å². The van der Waals surface area contributed by atoms with Gasteiger partial charge >= 0.3 is 5.97 Å². The first kappa shape index (κ1) is 15.0. The average Bonchev–Trinajstić information content (AvgIpc) is 2.53. The van der Waals surface area contributed by atoms with Gasteiger partial charge in [0.25, 0.3) is 0 Å². The Kier molecular flexibility index (Phi) is 4.14. The molecule has 0 saturated heterocycles. The van der Waals surface area contributed by atoms with Crippen LogP contribution in [0, 0.1) is 13.8 Å². The molecule has 0 aliphatic carbocycles. The zero-order valence-electron chi connectivity index (χ0n) is 10.7. The number of aryl methyl sites for hydroxylation is 1. The molecule has 4 nitrogen and oxygen atoms in total. The zero-order valence-corrected chi connectivity index (χ0v) is 10.7. The molecule has 1 heterocycles. The van der Waals surface area contributed by atoms with E-state index in [2.05, 4.69) is 0 Å². The Balaban J connectivity index is 0.00000180. The second-order valence-electron chi connectivity index (χ2n) is 4.54. The van der Waals surface area contributed by atoms with Crippen LogP contribution < -0.4 is 0 Å². The van der Waals surface area contributed by atoms with Gasteiger partial charge in [-0.3, -0.25) is 4.79 Å². The van der Waals surface area contributed by atoms with E-state index in [0.29, 0.717) is 0 Å². The van der Waals surface area contributed by atoms with Crippen molar-refractivity contribution in [3.63, 3.8) is 0 Å². The zero-order chi connectivity index (χ0) is 13.4. The van der Waals surface area contributed by atoms with E-state index in [1.165, 1.54) is 6.92 Å². The number of aromatic carboxylic acids is 1. The summed E-state index contributed by atoms with van der Waals surface area (Å²) in [5, 5.41) is 10.0. The molecule has 0 bridgehead atoms. The molecule has 0 aliphatic rings. The molecule has 4 heteroatoms. The lowest BCUT2D eigenvalue weighted by Crippen LogP contribution is -2.08. The SMILES string of the molecule is C.CC(=O)Cn1c(C)c(C)c2ccc(C(=O)O)cc21. The van der Waals surface area contributed by atoms with Gasteiger partial charge in [0.1, 0.15) is 5.78 Å². The van der Waals surface area contributed by atoms with Crippen LogP contribution >= 0.6 is 0 Å². The summed E-state index contributed by atoms with van der Waals surface area (Å²) in [6, 6.07) is 5.02. The molecule has 0 saturated carbocycles. The first-order chi connectivity index (χ1) is 8.41. The summed E-state index contributed by atoms with van der Waals surface area (Å²) in [6.45, 7) is 5.73. The molecule has 0 aliphatic heterocycles. The molecule has 1 aromatic heterocycles. The largest absolute Gasteiger partial charge is 0.478 e. The average molecular weight is 261 g/mol. The molecular formula is C15H19NO3. The first-order valence-electron chi connectivity index (χ1n) is 5.74. The second kappa shape index (κ2) is 5.26. The highest BCUT2D eigenvalue weighted by atomic mass is 16.4. The molecule has 0 atom stereocenters. The number of nitrogens with zero attached hydrogens (tertiary/aromatic N) is 1. The van der Waals surface area contributed by atoms with Crippen LogP contribution in [0.1, 0.15) is 36.0 Å². The van der Waals surface area contributed by atoms with Gasteiger partial charge in [-0.1, -0.05) is 13.5 Å². The topological polar surface area (TPSA) is 59.3 Å². The number of carbonyl (C=O) groups is 2. The Morgan fingerprint density at radius 2 is 1.89 bits per heavy atom. The number of carbonyl (C=O) groups excluding carboxylic acids is 1. The maximum Gasteiger partial charge on any atom is 0.335 e. The third-order valence-electron chi connectivity index (χ3n) is 3.27. The predicted molar refractivity (Wildman–Crippen MR) is 75.8 cm³/mol. The molecule has 0 radical (unpaired) electrons. The number of rotatable bonds is 3. The molecule has 0 amide bonds. The van der Waals surface area contributed by atoms with Crippen molar-refractivity contribution in [2.75, 3.05) is 0 Å². The highest BCUT2D eigenvalue weighted by molar-refractivity contribution is 5.95. The van der Waals surface area contributed by atoms with Crippen LogP contribution in [0.5, 0.6) is 0 Å². The van der Waals surface area contributed by atoms with Crippen molar-refractivity contribution in [3.05, 3.63) is 35.0 Å². The van der Waals surface area contributed by atoms with E-state index in [1.807, 2.05) is 18.4 Å². The van der Waals surface area contributed by atoms with Gasteiger partial charge in [-0.15, -0.1) is 0 Å². The molecular weight excluding hydrogens is 242 g/mol. The minimum Gasteiger partial charge on any atom is -0.478 e. The van der Waals surface area contributed by atoms with Gasteiger partial charge < -0.3 is 9.67 Å². The fourth-order valence-corrected chi connectivity index (χ4v) is 2.21. The Hall–Kier alpha value is -2.10. The fourth-order valence-electron chi connectivity index (χ4n) is 2.21. The van der Waals surface area contributed by atoms with Crippen molar-refractivity contribution in [1.82, 2.24) is 4.57 Å². The molecule has 2 aromatic rings. The summed E-state index contributed by atoms with van der Waals surface area (Å²) < 4.78 is 1.87. The van der Waals surface area contributed by atoms with Crippen LogP contribution in [-0.2, 0) is 11.3 Å². The molecule has 2 rings (SSSR count). The van der Waals surface area contributed by atoms with Crippen LogP contribution in [0.15, 0.2) is 18.2 Å². The summed E-state index contributed by atoms with van der Waals surface area (Å²) in [6.07, 6.45) is 0. The third kappa shape index (κ3) is 2.52. The number of fused-ring (bicyclic) bond motifs is 1. The fraction of sp³-hybridized carbons (Fsp3) is 0.333. The van der Waals surface area contributed by atoms with E-state index in [1.54, 1.807) is 18.2 Å². The molecule has 0 fully saturated rings. The Morgan fingerprint density at radius 3 is 2.42 bits per heavy atom. The molecule has 102 valence electrons. The number of ketones is 1. The first-order valence-corrected chi connectivity index (χ1v) is 5.74. The molecule has 0 spiro atoms. The van der Waals surface area contributed by atoms with Gasteiger partial charge in [0, 0.05) is 16.6 Å². The predicted octanol–water partition coefficient (Wildman–Crippen LogP) is 3.18. The monoisotopic (exact) mass is 261 g/mol. The summed E-state index contributed by atoms with van der Waals surface area (Å²) >= 11 is 0. The van der Waals surface area contributed by atoms with E-state index in [0.717, 1.165) is 22.2 Å². The molecule has 0 unspecified atom stereocenters. The van der Waals surface area contributed by atoms with Crippen molar-refractivity contribution < 1.29 is 14.7 Å². The van der Waals surface area contributed by atoms with Crippen molar-refractivity contribution in [3.8, 4) is 0 Å². The van der Waals surface area contributed by atoms with Crippen molar-refractivity contribution in [1.29, 1.82) is 0 Å². The maximum absolute atomic E-state index is 11.3. The number of carboxylic acid groups (broad SMARTS) is 1. The van der Waals surface area contributed by atoms with Crippen LogP contribution in [-0.4, -0.2) is 21.4 Å². The van der Waals surface area contributed by atoms with Gasteiger partial charge in [0.05, 0.1) is 12.1 Å². The number of carboxylic acids is 1. The number of hydrogen-bond acceptors (Lipinski definition) is 2. The quantitative estimate of drug-likeness (QED) is 0.923. The van der Waals surface area contributed by atoms with Gasteiger partial charge in [0.2, 0.25) is 0 Å². The maximum atomic E-state index is 11.3. The minimum atomic E-state index is -0.956. The summed E-state index contributed by atoms with van der Waals surface area (Å²) in [7, 11) is 0. The van der Waals surface area contributed by atoms with Crippen LogP contribution in [0.4, 0.5) is 0 Å². The van der Waals surface area contributed by atoms with Gasteiger partial charge in [0.15, 0.2) is 0 Å². The lowest BCUT2D eigenvalue weighted by atomic mass is 10.1. The van der Waals surface area contributed by atoms with E-state index in [4.69, 9.17) is 5.11 Å². The van der Waals surface area contributed by atoms with Crippen LogP contribution in [0.25, 0.3) is 10.9 Å². The third-order valence-corrected chi connectivity index (χ3v) is 3.27. The van der Waals surface area contributed by atoms with Gasteiger partial charge in [-0.05, 0) is 38.5 Å². The summed E-state index contributed by atoms with van der Waals surface area (Å²) in [5.41, 5.74) is 3.14. The van der Waals surface area contributed by atoms with E-state index in [-0.39, 0.29) is 25.3 Å². The second-order valence-corrected chi connectivity index (χ2v) is 4.54. The van der Waals surface area contributed by atoms with Crippen LogP contribution in [0.2, 0.25) is 0 Å². The smallest absolute Gasteiger partial charge is 0.335 e. The molecule has 1 aromatic carbocycles. The normalized spacial score (nSPS) is 10.3. The Morgan fingerprint density at radius 1 is 1.26 bits per heavy atom. The standard InChI is InChI=1S/C14H15NO3.CH4/c1-8(16)7-15-10(3)9(2)12-5-4-11(14(17)18)6-13(12)15;/h4-6H,7H2,1-3H3,(H,17,18);1H4. The lowest BCUT2D eigenvalue weighted by molar-refractivity contribution is -0.117. The highest BCUT2D eigenvalue weighted by Crippen LogP contribution is 2.26. The van der Waals surface area contributed by atoms with Crippen molar-refractivity contribution >= 4 is 22.7 Å². The Bertz CT molecular complexity index is 653. The van der Waals surface area contributed by atoms with E-state index < -0.39 is 5.97 Å². The number of hydrogen-bond donors (Lipinski definition) is 1. The van der Waals surface area contributed by atoms with E-state index >= 15 is 0 Å². The van der Waals surface area contributed by atoms with Gasteiger partial charge in [-0.2, -0.15) is 0 Å². The molecule has 1 N–H and O–H groups in total. The van der Waals surface area contributed by atoms with Crippen molar-refractivity contribution in [2.24, 2.45) is 0 Å². The van der Waals surface area contributed by atoms with Gasteiger partial charge in [-0.25, -0.2) is 4.79 Å². The van der Waals surface area contributed by atoms with E-state index in [9.17, 15) is 9.59 Å². The number of aromatic nitrogens is 1. The summed E-state index contributed by atoms with van der Waals surface area (Å²) in [5.74, 6) is -0.904. The number of Topliss-reactive ketones (excluding diaryl/α,β-unsaturated/α-hetero) is 1. The summed E-state index contributed by atoms with van der Waals surface area (Å²) in [4.78, 5) is 22.3. The minimum absolute atomic E-state index is 0. The lowest BCUT2D eigenvalue weighted by Gasteiger charge is -2.06. The molecule has 19 heavy (non-hydrogen) atoms. The van der Waals surface area contributed by atoms with Crippen LogP contribution in [0.3, 0.4) is 0 Å².